The van der Waals surface area contributed by atoms with Crippen LogP contribution >= 0.6 is 0 Å². The standard InChI is InChI=1S/C21H22N2O6/c1-22-20(24)14-10-17(26-2)18(27-3)11-15(14)23(21(22)25)12-13-5-6-16-19(9-13)29-8-4-7-28-16/h5-6,9-11H,4,7-8,12H2,1-3H3. The van der Waals surface area contributed by atoms with Crippen molar-refractivity contribution in [2.75, 3.05) is 27.4 Å². The van der Waals surface area contributed by atoms with Crippen LogP contribution in [0.4, 0.5) is 0 Å². The Balaban J connectivity index is 1.88. The highest BCUT2D eigenvalue weighted by molar-refractivity contribution is 5.82. The van der Waals surface area contributed by atoms with Crippen LogP contribution in [0, 0.1) is 0 Å². The van der Waals surface area contributed by atoms with Crippen LogP contribution in [-0.2, 0) is 13.6 Å². The van der Waals surface area contributed by atoms with E-state index < -0.39 is 5.69 Å². The zero-order valence-electron chi connectivity index (χ0n) is 16.6. The Bertz CT molecular complexity index is 1190. The van der Waals surface area contributed by atoms with E-state index in [1.807, 2.05) is 18.2 Å². The minimum absolute atomic E-state index is 0.260. The smallest absolute Gasteiger partial charge is 0.331 e. The summed E-state index contributed by atoms with van der Waals surface area (Å²) in [4.78, 5) is 25.6. The summed E-state index contributed by atoms with van der Waals surface area (Å²) in [7, 11) is 4.48. The van der Waals surface area contributed by atoms with Crippen molar-refractivity contribution in [2.24, 2.45) is 7.05 Å². The molecule has 0 bridgehead atoms. The Morgan fingerprint density at radius 1 is 0.966 bits per heavy atom. The maximum Gasteiger partial charge on any atom is 0.331 e. The lowest BCUT2D eigenvalue weighted by atomic mass is 10.1. The summed E-state index contributed by atoms with van der Waals surface area (Å²) in [5.41, 5.74) is 0.525. The molecule has 0 N–H and O–H groups in total. The van der Waals surface area contributed by atoms with Crippen molar-refractivity contribution in [1.82, 2.24) is 9.13 Å². The fourth-order valence-electron chi connectivity index (χ4n) is 3.46. The van der Waals surface area contributed by atoms with E-state index >= 15 is 0 Å². The van der Waals surface area contributed by atoms with Crippen molar-refractivity contribution in [1.29, 1.82) is 0 Å². The second-order valence-corrected chi connectivity index (χ2v) is 6.79. The number of rotatable bonds is 4. The predicted molar refractivity (Wildman–Crippen MR) is 108 cm³/mol. The van der Waals surface area contributed by atoms with E-state index in [1.165, 1.54) is 25.8 Å². The van der Waals surface area contributed by atoms with Gasteiger partial charge in [-0.25, -0.2) is 4.79 Å². The third kappa shape index (κ3) is 3.30. The van der Waals surface area contributed by atoms with Crippen LogP contribution in [0.1, 0.15) is 12.0 Å². The molecule has 0 saturated carbocycles. The van der Waals surface area contributed by atoms with Gasteiger partial charge in [0.25, 0.3) is 5.56 Å². The Morgan fingerprint density at radius 3 is 2.38 bits per heavy atom. The van der Waals surface area contributed by atoms with Crippen LogP contribution in [-0.4, -0.2) is 36.6 Å². The van der Waals surface area contributed by atoms with Gasteiger partial charge in [0, 0.05) is 19.5 Å². The Kier molecular flexibility index (Phi) is 4.92. The van der Waals surface area contributed by atoms with E-state index in [4.69, 9.17) is 18.9 Å². The van der Waals surface area contributed by atoms with Crippen LogP contribution in [0.25, 0.3) is 10.9 Å². The van der Waals surface area contributed by atoms with E-state index in [9.17, 15) is 9.59 Å². The minimum Gasteiger partial charge on any atom is -0.493 e. The molecule has 0 aliphatic carbocycles. The lowest BCUT2D eigenvalue weighted by molar-refractivity contribution is 0.297. The first-order valence-electron chi connectivity index (χ1n) is 9.27. The van der Waals surface area contributed by atoms with Gasteiger partial charge in [-0.1, -0.05) is 6.07 Å². The molecule has 2 heterocycles. The van der Waals surface area contributed by atoms with E-state index in [2.05, 4.69) is 0 Å². The number of hydrogen-bond acceptors (Lipinski definition) is 6. The van der Waals surface area contributed by atoms with Crippen LogP contribution in [0.2, 0.25) is 0 Å². The number of hydrogen-bond donors (Lipinski definition) is 0. The topological polar surface area (TPSA) is 80.9 Å². The SMILES string of the molecule is COc1cc2c(=O)n(C)c(=O)n(Cc3ccc4c(c3)OCCCO4)c2cc1OC. The third-order valence-corrected chi connectivity index (χ3v) is 5.00. The minimum atomic E-state index is -0.415. The van der Waals surface area contributed by atoms with Gasteiger partial charge >= 0.3 is 5.69 Å². The maximum atomic E-state index is 12.9. The normalized spacial score (nSPS) is 13.2. The zero-order chi connectivity index (χ0) is 20.5. The highest BCUT2D eigenvalue weighted by Gasteiger charge is 2.17. The summed E-state index contributed by atoms with van der Waals surface area (Å²) < 4.78 is 24.7. The average molecular weight is 398 g/mol. The molecule has 0 unspecified atom stereocenters. The van der Waals surface area contributed by atoms with Crippen molar-refractivity contribution in [3.05, 3.63) is 56.7 Å². The molecule has 8 heteroatoms. The van der Waals surface area contributed by atoms with Gasteiger partial charge in [-0.05, 0) is 23.8 Å². The summed E-state index contributed by atoms with van der Waals surface area (Å²) in [6.07, 6.45) is 0.816. The average Bonchev–Trinajstić information content (AvgIpc) is 2.99. The summed E-state index contributed by atoms with van der Waals surface area (Å²) in [5, 5.41) is 0.374. The van der Waals surface area contributed by atoms with Crippen molar-refractivity contribution in [3.63, 3.8) is 0 Å². The number of benzene rings is 2. The zero-order valence-corrected chi connectivity index (χ0v) is 16.6. The molecule has 0 saturated heterocycles. The molecule has 3 aromatic rings. The first-order chi connectivity index (χ1) is 14.0. The predicted octanol–water partition coefficient (Wildman–Crippen LogP) is 1.93. The monoisotopic (exact) mass is 398 g/mol. The summed E-state index contributed by atoms with van der Waals surface area (Å²) in [5.74, 6) is 2.22. The molecule has 0 atom stereocenters. The largest absolute Gasteiger partial charge is 0.493 e. The molecular weight excluding hydrogens is 376 g/mol. The fraction of sp³-hybridized carbons (Fsp3) is 0.333. The third-order valence-electron chi connectivity index (χ3n) is 5.00. The van der Waals surface area contributed by atoms with Gasteiger partial charge in [0.2, 0.25) is 0 Å². The Labute approximate surface area is 166 Å². The van der Waals surface area contributed by atoms with Gasteiger partial charge in [0.15, 0.2) is 23.0 Å². The Hall–Kier alpha value is -3.42. The molecule has 1 aliphatic heterocycles. The molecule has 4 rings (SSSR count). The molecule has 2 aromatic carbocycles. The van der Waals surface area contributed by atoms with Gasteiger partial charge in [0.1, 0.15) is 0 Å². The van der Waals surface area contributed by atoms with Gasteiger partial charge in [-0.3, -0.25) is 13.9 Å². The van der Waals surface area contributed by atoms with Gasteiger partial charge in [-0.15, -0.1) is 0 Å². The van der Waals surface area contributed by atoms with Crippen molar-refractivity contribution in [3.8, 4) is 23.0 Å². The first-order valence-corrected chi connectivity index (χ1v) is 9.27. The molecule has 0 radical (unpaired) electrons. The molecule has 152 valence electrons. The summed E-state index contributed by atoms with van der Waals surface area (Å²) >= 11 is 0. The number of ether oxygens (including phenoxy) is 4. The van der Waals surface area contributed by atoms with E-state index in [0.29, 0.717) is 47.1 Å². The van der Waals surface area contributed by atoms with Crippen LogP contribution in [0.3, 0.4) is 0 Å². The molecule has 1 aliphatic rings. The number of fused-ring (bicyclic) bond motifs is 2. The van der Waals surface area contributed by atoms with E-state index in [1.54, 1.807) is 12.1 Å². The van der Waals surface area contributed by atoms with Crippen molar-refractivity contribution >= 4 is 10.9 Å². The molecule has 0 fully saturated rings. The maximum absolute atomic E-state index is 12.9. The van der Waals surface area contributed by atoms with Gasteiger partial charge < -0.3 is 18.9 Å². The second-order valence-electron chi connectivity index (χ2n) is 6.79. The number of methoxy groups -OCH3 is 2. The van der Waals surface area contributed by atoms with Crippen LogP contribution in [0.5, 0.6) is 23.0 Å². The fourth-order valence-corrected chi connectivity index (χ4v) is 3.46. The lowest BCUT2D eigenvalue weighted by Crippen LogP contribution is -2.38. The molecule has 0 amide bonds. The molecular formula is C21H22N2O6. The highest BCUT2D eigenvalue weighted by Crippen LogP contribution is 2.32. The summed E-state index contributed by atoms with van der Waals surface area (Å²) in [6, 6.07) is 8.84. The van der Waals surface area contributed by atoms with E-state index in [-0.39, 0.29) is 12.1 Å². The van der Waals surface area contributed by atoms with Crippen molar-refractivity contribution < 1.29 is 18.9 Å². The molecule has 0 spiro atoms. The summed E-state index contributed by atoms with van der Waals surface area (Å²) in [6.45, 7) is 1.45. The van der Waals surface area contributed by atoms with Crippen molar-refractivity contribution in [2.45, 2.75) is 13.0 Å². The van der Waals surface area contributed by atoms with E-state index in [0.717, 1.165) is 16.6 Å². The number of nitrogens with zero attached hydrogens (tertiary/aromatic N) is 2. The molecule has 1 aromatic heterocycles. The highest BCUT2D eigenvalue weighted by atomic mass is 16.5. The molecule has 29 heavy (non-hydrogen) atoms. The Morgan fingerprint density at radius 2 is 1.66 bits per heavy atom. The van der Waals surface area contributed by atoms with Crippen LogP contribution in [0.15, 0.2) is 39.9 Å². The molecule has 8 nitrogen and oxygen atoms in total. The van der Waals surface area contributed by atoms with Gasteiger partial charge in [-0.2, -0.15) is 0 Å². The number of aromatic nitrogens is 2. The second kappa shape index (κ2) is 7.54. The lowest BCUT2D eigenvalue weighted by Gasteiger charge is -2.16. The van der Waals surface area contributed by atoms with Gasteiger partial charge in [0.05, 0.1) is 44.9 Å². The quantitative estimate of drug-likeness (QED) is 0.668. The van der Waals surface area contributed by atoms with Crippen LogP contribution < -0.4 is 30.2 Å². The first kappa shape index (κ1) is 18.9.